The van der Waals surface area contributed by atoms with Gasteiger partial charge in [0.25, 0.3) is 10.0 Å². The summed E-state index contributed by atoms with van der Waals surface area (Å²) in [5.41, 5.74) is -0.887. The Balaban J connectivity index is 2.05. The number of alkyl halides is 3. The lowest BCUT2D eigenvalue weighted by Gasteiger charge is -2.12. The maximum absolute atomic E-state index is 13.6. The normalized spacial score (nSPS) is 12.4. The van der Waals surface area contributed by atoms with Gasteiger partial charge in [0, 0.05) is 28.9 Å². The summed E-state index contributed by atoms with van der Waals surface area (Å²) in [4.78, 5) is 3.56. The highest BCUT2D eigenvalue weighted by Crippen LogP contribution is 2.41. The van der Waals surface area contributed by atoms with Gasteiger partial charge in [-0.3, -0.25) is 0 Å². The minimum atomic E-state index is -4.69. The molecule has 148 valence electrons. The van der Waals surface area contributed by atoms with Crippen LogP contribution in [0.4, 0.5) is 13.2 Å². The summed E-state index contributed by atoms with van der Waals surface area (Å²) in [5, 5.41) is 0.218. The highest BCUT2D eigenvalue weighted by atomic mass is 35.5. The molecule has 4 nitrogen and oxygen atoms in total. The predicted octanol–water partition coefficient (Wildman–Crippen LogP) is 5.61. The molecule has 0 bridgehead atoms. The molecule has 0 saturated heterocycles. The molecule has 0 amide bonds. The second-order valence-electron chi connectivity index (χ2n) is 6.22. The maximum atomic E-state index is 13.6. The lowest BCUT2D eigenvalue weighted by molar-refractivity contribution is -0.137. The number of pyridine rings is 1. The summed E-state index contributed by atoms with van der Waals surface area (Å²) >= 11 is 5.86. The zero-order valence-electron chi connectivity index (χ0n) is 14.6. The molecule has 2 heterocycles. The third-order valence-corrected chi connectivity index (χ3v) is 6.34. The smallest absolute Gasteiger partial charge is 0.244 e. The molecule has 0 aliphatic rings. The molecule has 2 aromatic heterocycles. The van der Waals surface area contributed by atoms with Crippen molar-refractivity contribution in [1.82, 2.24) is 8.96 Å². The van der Waals surface area contributed by atoms with Crippen molar-refractivity contribution in [3.05, 3.63) is 83.8 Å². The fraction of sp³-hybridized carbons (Fsp3) is 0.0500. The number of nitrogens with zero attached hydrogens (tertiary/aromatic N) is 2. The third-order valence-electron chi connectivity index (χ3n) is 4.44. The van der Waals surface area contributed by atoms with Gasteiger partial charge >= 0.3 is 6.18 Å². The first-order valence-corrected chi connectivity index (χ1v) is 10.2. The minimum Gasteiger partial charge on any atom is -0.244 e. The van der Waals surface area contributed by atoms with E-state index in [1.54, 1.807) is 36.4 Å². The van der Waals surface area contributed by atoms with Crippen LogP contribution in [0.2, 0.25) is 5.15 Å². The van der Waals surface area contributed by atoms with Crippen molar-refractivity contribution in [1.29, 1.82) is 0 Å². The van der Waals surface area contributed by atoms with E-state index in [-0.39, 0.29) is 26.7 Å². The molecule has 0 aliphatic carbocycles. The zero-order valence-corrected chi connectivity index (χ0v) is 16.1. The van der Waals surface area contributed by atoms with Crippen LogP contribution in [0.3, 0.4) is 0 Å². The number of para-hydroxylation sites is 1. The molecule has 29 heavy (non-hydrogen) atoms. The number of benzene rings is 2. The summed E-state index contributed by atoms with van der Waals surface area (Å²) in [7, 11) is -4.02. The van der Waals surface area contributed by atoms with Gasteiger partial charge in [0.15, 0.2) is 0 Å². The summed E-state index contributed by atoms with van der Waals surface area (Å²) in [6, 6.07) is 15.1. The fourth-order valence-corrected chi connectivity index (χ4v) is 4.70. The third kappa shape index (κ3) is 3.38. The van der Waals surface area contributed by atoms with E-state index in [1.807, 2.05) is 0 Å². The van der Waals surface area contributed by atoms with Gasteiger partial charge in [-0.25, -0.2) is 17.4 Å². The van der Waals surface area contributed by atoms with Crippen molar-refractivity contribution >= 4 is 32.5 Å². The predicted molar refractivity (Wildman–Crippen MR) is 104 cm³/mol. The van der Waals surface area contributed by atoms with Crippen molar-refractivity contribution in [2.24, 2.45) is 0 Å². The fourth-order valence-electron chi connectivity index (χ4n) is 3.15. The second-order valence-corrected chi connectivity index (χ2v) is 8.43. The molecule has 0 saturated carbocycles. The minimum absolute atomic E-state index is 0.0242. The van der Waals surface area contributed by atoms with Gasteiger partial charge < -0.3 is 0 Å². The maximum Gasteiger partial charge on any atom is 0.418 e. The van der Waals surface area contributed by atoms with Gasteiger partial charge in [0.05, 0.1) is 16.0 Å². The lowest BCUT2D eigenvalue weighted by Crippen LogP contribution is -2.11. The van der Waals surface area contributed by atoms with Crippen LogP contribution in [-0.4, -0.2) is 17.4 Å². The van der Waals surface area contributed by atoms with Crippen LogP contribution < -0.4 is 0 Å². The Morgan fingerprint density at radius 3 is 2.28 bits per heavy atom. The Bertz CT molecular complexity index is 1320. The number of halogens is 4. The van der Waals surface area contributed by atoms with E-state index in [0.717, 1.165) is 10.0 Å². The summed E-state index contributed by atoms with van der Waals surface area (Å²) < 4.78 is 68.0. The quantitative estimate of drug-likeness (QED) is 0.392. The van der Waals surface area contributed by atoms with E-state index in [0.29, 0.717) is 11.6 Å². The monoisotopic (exact) mass is 436 g/mol. The molecule has 0 atom stereocenters. The molecule has 4 rings (SSSR count). The number of fused-ring (bicyclic) bond motifs is 1. The summed E-state index contributed by atoms with van der Waals surface area (Å²) in [5.74, 6) is 0. The van der Waals surface area contributed by atoms with Gasteiger partial charge in [-0.15, -0.1) is 0 Å². The standard InChI is InChI=1S/C20H12ClF3N2O2S/c21-19-10-15(17(11-25-19)20(22,23)24)16-12-26(18-9-5-4-8-14(16)18)29(27,28)13-6-2-1-3-7-13/h1-12H. The molecule has 0 spiro atoms. The molecule has 0 fully saturated rings. The van der Waals surface area contributed by atoms with Crippen LogP contribution >= 0.6 is 11.6 Å². The van der Waals surface area contributed by atoms with E-state index in [2.05, 4.69) is 4.98 Å². The van der Waals surface area contributed by atoms with E-state index in [1.165, 1.54) is 24.4 Å². The van der Waals surface area contributed by atoms with Gasteiger partial charge in [-0.05, 0) is 24.3 Å². The Hall–Kier alpha value is -2.84. The highest BCUT2D eigenvalue weighted by molar-refractivity contribution is 7.90. The van der Waals surface area contributed by atoms with E-state index in [9.17, 15) is 21.6 Å². The summed E-state index contributed by atoms with van der Waals surface area (Å²) in [6.07, 6.45) is -2.85. The Morgan fingerprint density at radius 2 is 1.59 bits per heavy atom. The number of hydrogen-bond donors (Lipinski definition) is 0. The van der Waals surface area contributed by atoms with Crippen LogP contribution in [0.25, 0.3) is 22.0 Å². The van der Waals surface area contributed by atoms with Crippen LogP contribution in [-0.2, 0) is 16.2 Å². The van der Waals surface area contributed by atoms with Crippen molar-refractivity contribution in [2.75, 3.05) is 0 Å². The van der Waals surface area contributed by atoms with Gasteiger partial charge in [-0.1, -0.05) is 48.0 Å². The van der Waals surface area contributed by atoms with E-state index < -0.39 is 21.8 Å². The van der Waals surface area contributed by atoms with E-state index in [4.69, 9.17) is 11.6 Å². The van der Waals surface area contributed by atoms with Crippen molar-refractivity contribution < 1.29 is 21.6 Å². The van der Waals surface area contributed by atoms with Crippen molar-refractivity contribution in [3.8, 4) is 11.1 Å². The van der Waals surface area contributed by atoms with Gasteiger partial charge in [0.1, 0.15) is 5.15 Å². The SMILES string of the molecule is O=S(=O)(c1ccccc1)n1cc(-c2cc(Cl)ncc2C(F)(F)F)c2ccccc21. The molecule has 0 N–H and O–H groups in total. The average molecular weight is 437 g/mol. The van der Waals surface area contributed by atoms with Crippen molar-refractivity contribution in [3.63, 3.8) is 0 Å². The highest BCUT2D eigenvalue weighted by Gasteiger charge is 2.35. The molecule has 0 radical (unpaired) electrons. The number of hydrogen-bond acceptors (Lipinski definition) is 3. The van der Waals surface area contributed by atoms with Crippen LogP contribution in [0.15, 0.2) is 78.0 Å². The Morgan fingerprint density at radius 1 is 0.931 bits per heavy atom. The molecule has 4 aromatic rings. The number of aromatic nitrogens is 2. The molecule has 9 heteroatoms. The van der Waals surface area contributed by atoms with Crippen LogP contribution in [0.1, 0.15) is 5.56 Å². The zero-order chi connectivity index (χ0) is 20.8. The topological polar surface area (TPSA) is 52.0 Å². The molecular weight excluding hydrogens is 425 g/mol. The molecule has 0 unspecified atom stereocenters. The number of rotatable bonds is 3. The molecule has 0 aliphatic heterocycles. The Labute approximate surface area is 169 Å². The summed E-state index contributed by atoms with van der Waals surface area (Å²) in [6.45, 7) is 0. The largest absolute Gasteiger partial charge is 0.418 e. The first kappa shape index (κ1) is 19.5. The first-order valence-electron chi connectivity index (χ1n) is 8.33. The van der Waals surface area contributed by atoms with Gasteiger partial charge in [-0.2, -0.15) is 13.2 Å². The molecular formula is C20H12ClF3N2O2S. The second kappa shape index (κ2) is 6.89. The average Bonchev–Trinajstić information content (AvgIpc) is 3.08. The molecule has 2 aromatic carbocycles. The van der Waals surface area contributed by atoms with Gasteiger partial charge in [0.2, 0.25) is 0 Å². The first-order chi connectivity index (χ1) is 13.7. The van der Waals surface area contributed by atoms with E-state index >= 15 is 0 Å². The lowest BCUT2D eigenvalue weighted by atomic mass is 10.0. The Kier molecular flexibility index (Phi) is 4.63. The van der Waals surface area contributed by atoms with Crippen molar-refractivity contribution in [2.45, 2.75) is 11.1 Å². The van der Waals surface area contributed by atoms with Crippen LogP contribution in [0, 0.1) is 0 Å². The van der Waals surface area contributed by atoms with Crippen LogP contribution in [0.5, 0.6) is 0 Å².